The van der Waals surface area contributed by atoms with Crippen LogP contribution in [0, 0.1) is 0 Å². The molecule has 0 aromatic heterocycles. The number of carbonyl (C=O) groups is 1. The summed E-state index contributed by atoms with van der Waals surface area (Å²) in [7, 11) is 4.83. The molecule has 0 radical (unpaired) electrons. The molecule has 1 aliphatic heterocycles. The van der Waals surface area contributed by atoms with Crippen molar-refractivity contribution in [3.63, 3.8) is 0 Å². The van der Waals surface area contributed by atoms with Crippen molar-refractivity contribution in [1.29, 1.82) is 0 Å². The summed E-state index contributed by atoms with van der Waals surface area (Å²) in [5.41, 5.74) is 3.35. The smallest absolute Gasteiger partial charge is 0.251 e. The van der Waals surface area contributed by atoms with Crippen LogP contribution in [-0.2, 0) is 6.42 Å². The molecule has 6 nitrogen and oxygen atoms in total. The van der Waals surface area contributed by atoms with Gasteiger partial charge < -0.3 is 20.1 Å². The lowest BCUT2D eigenvalue weighted by Gasteiger charge is -2.09. The van der Waals surface area contributed by atoms with Crippen LogP contribution in [0.2, 0.25) is 0 Å². The zero-order chi connectivity index (χ0) is 17.1. The van der Waals surface area contributed by atoms with Gasteiger partial charge in [-0.2, -0.15) is 0 Å². The molecule has 1 heterocycles. The van der Waals surface area contributed by atoms with Crippen LogP contribution >= 0.6 is 0 Å². The van der Waals surface area contributed by atoms with Crippen LogP contribution in [-0.4, -0.2) is 33.0 Å². The number of nitrogens with zero attached hydrogens (tertiary/aromatic N) is 1. The number of methoxy groups -OCH3 is 2. The van der Waals surface area contributed by atoms with Crippen LogP contribution in [0.25, 0.3) is 0 Å². The highest BCUT2D eigenvalue weighted by Gasteiger charge is 2.19. The number of carbonyl (C=O) groups excluding carboxylic acids is 1. The largest absolute Gasteiger partial charge is 0.493 e. The summed E-state index contributed by atoms with van der Waals surface area (Å²) >= 11 is 0. The quantitative estimate of drug-likeness (QED) is 0.907. The summed E-state index contributed by atoms with van der Waals surface area (Å²) in [4.78, 5) is 16.3. The van der Waals surface area contributed by atoms with Gasteiger partial charge >= 0.3 is 0 Å². The average molecular weight is 325 g/mol. The number of nitrogens with one attached hydrogen (secondary N) is 2. The third-order valence-corrected chi connectivity index (χ3v) is 3.84. The molecule has 0 unspecified atom stereocenters. The van der Waals surface area contributed by atoms with Crippen molar-refractivity contribution >= 4 is 23.1 Å². The summed E-state index contributed by atoms with van der Waals surface area (Å²) in [6, 6.07) is 11.1. The molecule has 0 bridgehead atoms. The van der Waals surface area contributed by atoms with Crippen molar-refractivity contribution in [3.05, 3.63) is 47.5 Å². The summed E-state index contributed by atoms with van der Waals surface area (Å²) in [5.74, 6) is 2.04. The van der Waals surface area contributed by atoms with Crippen LogP contribution < -0.4 is 20.1 Å². The molecule has 0 aliphatic carbocycles. The molecule has 0 saturated heterocycles. The molecular formula is C18H19N3O3. The van der Waals surface area contributed by atoms with E-state index in [-0.39, 0.29) is 5.91 Å². The van der Waals surface area contributed by atoms with E-state index in [0.29, 0.717) is 23.5 Å². The number of aliphatic imine (C=N–C) groups is 1. The first-order valence-corrected chi connectivity index (χ1v) is 7.56. The van der Waals surface area contributed by atoms with E-state index in [9.17, 15) is 4.79 Å². The molecular weight excluding hydrogens is 306 g/mol. The SMILES string of the molecule is CNC(=O)c1cccc(NC2=Nc3cc(OC)c(OC)cc3C2)c1. The van der Waals surface area contributed by atoms with Gasteiger partial charge in [0.05, 0.1) is 19.9 Å². The Morgan fingerprint density at radius 3 is 2.58 bits per heavy atom. The molecule has 2 N–H and O–H groups in total. The molecule has 3 rings (SSSR count). The molecule has 2 aromatic carbocycles. The topological polar surface area (TPSA) is 72.0 Å². The van der Waals surface area contributed by atoms with Crippen LogP contribution in [0.3, 0.4) is 0 Å². The highest BCUT2D eigenvalue weighted by molar-refractivity contribution is 6.03. The molecule has 6 heteroatoms. The number of ether oxygens (including phenoxy) is 2. The Hall–Kier alpha value is -3.02. The number of benzene rings is 2. The van der Waals surface area contributed by atoms with Gasteiger partial charge in [-0.3, -0.25) is 4.79 Å². The predicted molar refractivity (Wildman–Crippen MR) is 93.8 cm³/mol. The maximum absolute atomic E-state index is 11.7. The van der Waals surface area contributed by atoms with Gasteiger partial charge in [-0.15, -0.1) is 0 Å². The summed E-state index contributed by atoms with van der Waals surface area (Å²) in [5, 5.41) is 5.89. The average Bonchev–Trinajstić information content (AvgIpc) is 3.00. The van der Waals surface area contributed by atoms with E-state index >= 15 is 0 Å². The zero-order valence-corrected chi connectivity index (χ0v) is 13.8. The molecule has 2 aromatic rings. The number of amidine groups is 1. The van der Waals surface area contributed by atoms with E-state index < -0.39 is 0 Å². The predicted octanol–water partition coefficient (Wildman–Crippen LogP) is 2.76. The Kier molecular flexibility index (Phi) is 4.37. The van der Waals surface area contributed by atoms with Gasteiger partial charge in [0.1, 0.15) is 5.84 Å². The lowest BCUT2D eigenvalue weighted by molar-refractivity contribution is 0.0963. The van der Waals surface area contributed by atoms with Crippen molar-refractivity contribution in [2.75, 3.05) is 26.6 Å². The number of amides is 1. The second kappa shape index (κ2) is 6.62. The van der Waals surface area contributed by atoms with Gasteiger partial charge in [0, 0.05) is 30.8 Å². The fourth-order valence-electron chi connectivity index (χ4n) is 2.64. The fourth-order valence-corrected chi connectivity index (χ4v) is 2.64. The second-order valence-electron chi connectivity index (χ2n) is 5.36. The minimum absolute atomic E-state index is 0.121. The van der Waals surface area contributed by atoms with E-state index in [0.717, 1.165) is 22.8 Å². The Morgan fingerprint density at radius 2 is 1.88 bits per heavy atom. The highest BCUT2D eigenvalue weighted by atomic mass is 16.5. The monoisotopic (exact) mass is 325 g/mol. The minimum Gasteiger partial charge on any atom is -0.493 e. The number of rotatable bonds is 4. The molecule has 0 atom stereocenters. The molecule has 0 fully saturated rings. The molecule has 1 amide bonds. The third-order valence-electron chi connectivity index (χ3n) is 3.84. The molecule has 0 spiro atoms. The maximum atomic E-state index is 11.7. The Balaban J connectivity index is 1.81. The van der Waals surface area contributed by atoms with Gasteiger partial charge in [-0.1, -0.05) is 6.07 Å². The number of fused-ring (bicyclic) bond motifs is 1. The number of hydrogen-bond donors (Lipinski definition) is 2. The van der Waals surface area contributed by atoms with E-state index in [1.807, 2.05) is 24.3 Å². The zero-order valence-electron chi connectivity index (χ0n) is 13.8. The Bertz CT molecular complexity index is 815. The van der Waals surface area contributed by atoms with Gasteiger partial charge in [0.15, 0.2) is 11.5 Å². The number of hydrogen-bond acceptors (Lipinski definition) is 5. The van der Waals surface area contributed by atoms with E-state index in [2.05, 4.69) is 15.6 Å². The van der Waals surface area contributed by atoms with Gasteiger partial charge in [-0.25, -0.2) is 4.99 Å². The normalized spacial score (nSPS) is 12.2. The summed E-state index contributed by atoms with van der Waals surface area (Å²) in [6.45, 7) is 0. The molecule has 24 heavy (non-hydrogen) atoms. The van der Waals surface area contributed by atoms with Crippen LogP contribution in [0.1, 0.15) is 15.9 Å². The van der Waals surface area contributed by atoms with Crippen molar-refractivity contribution in [3.8, 4) is 11.5 Å². The third kappa shape index (κ3) is 3.03. The van der Waals surface area contributed by atoms with Crippen molar-refractivity contribution in [2.24, 2.45) is 4.99 Å². The summed E-state index contributed by atoms with van der Waals surface area (Å²) < 4.78 is 10.6. The van der Waals surface area contributed by atoms with Gasteiger partial charge in [0.2, 0.25) is 0 Å². The molecule has 0 saturated carbocycles. The molecule has 1 aliphatic rings. The first kappa shape index (κ1) is 15.9. The van der Waals surface area contributed by atoms with Crippen molar-refractivity contribution in [1.82, 2.24) is 5.32 Å². The number of anilines is 1. The second-order valence-corrected chi connectivity index (χ2v) is 5.36. The van der Waals surface area contributed by atoms with E-state index in [4.69, 9.17) is 9.47 Å². The Labute approximate surface area is 140 Å². The maximum Gasteiger partial charge on any atom is 0.251 e. The first-order chi connectivity index (χ1) is 11.6. The minimum atomic E-state index is -0.121. The van der Waals surface area contributed by atoms with E-state index in [1.54, 1.807) is 33.4 Å². The Morgan fingerprint density at radius 1 is 1.12 bits per heavy atom. The lowest BCUT2D eigenvalue weighted by Crippen LogP contribution is -2.18. The van der Waals surface area contributed by atoms with Crippen molar-refractivity contribution < 1.29 is 14.3 Å². The lowest BCUT2D eigenvalue weighted by atomic mass is 10.1. The summed E-state index contributed by atoms with van der Waals surface area (Å²) in [6.07, 6.45) is 0.667. The van der Waals surface area contributed by atoms with Gasteiger partial charge in [-0.05, 0) is 29.8 Å². The highest BCUT2D eigenvalue weighted by Crippen LogP contribution is 2.38. The van der Waals surface area contributed by atoms with Gasteiger partial charge in [0.25, 0.3) is 5.91 Å². The van der Waals surface area contributed by atoms with Crippen LogP contribution in [0.5, 0.6) is 11.5 Å². The van der Waals surface area contributed by atoms with Crippen LogP contribution in [0.4, 0.5) is 11.4 Å². The van der Waals surface area contributed by atoms with Crippen molar-refractivity contribution in [2.45, 2.75) is 6.42 Å². The molecule has 124 valence electrons. The first-order valence-electron chi connectivity index (χ1n) is 7.56. The van der Waals surface area contributed by atoms with E-state index in [1.165, 1.54) is 0 Å². The standard InChI is InChI=1S/C18H19N3O3/c1-19-18(22)11-5-4-6-13(7-11)20-17-9-12-8-15(23-2)16(24-3)10-14(12)21-17/h4-8,10H,9H2,1-3H3,(H,19,22)(H,20,21). The van der Waals surface area contributed by atoms with Crippen LogP contribution in [0.15, 0.2) is 41.4 Å². The fraction of sp³-hybridized carbons (Fsp3) is 0.222.